The fourth-order valence-electron chi connectivity index (χ4n) is 4.04. The van der Waals surface area contributed by atoms with Crippen molar-refractivity contribution >= 4 is 34.9 Å². The molecule has 4 rings (SSSR count). The molecule has 0 unspecified atom stereocenters. The van der Waals surface area contributed by atoms with Crippen molar-refractivity contribution in [2.75, 3.05) is 27.2 Å². The van der Waals surface area contributed by atoms with E-state index in [2.05, 4.69) is 14.5 Å². The van der Waals surface area contributed by atoms with Gasteiger partial charge in [0.05, 0.1) is 16.8 Å². The Kier molecular flexibility index (Phi) is 9.83. The summed E-state index contributed by atoms with van der Waals surface area (Å²) < 4.78 is 60.1. The molecule has 3 aromatic rings. The lowest BCUT2D eigenvalue weighted by Crippen LogP contribution is -2.31. The molecule has 1 aliphatic heterocycles. The first-order chi connectivity index (χ1) is 18.5. The smallest absolute Gasteiger partial charge is 0.387 e. The molecule has 208 valence electrons. The van der Waals surface area contributed by atoms with Gasteiger partial charge < -0.3 is 19.5 Å². The number of ether oxygens (including phenoxy) is 2. The Morgan fingerprint density at radius 3 is 2.36 bits per heavy atom. The molecule has 2 heterocycles. The van der Waals surface area contributed by atoms with Gasteiger partial charge in [-0.2, -0.15) is 17.6 Å². The third kappa shape index (κ3) is 7.44. The molecular weight excluding hydrogens is 522 g/mol. The van der Waals surface area contributed by atoms with Crippen LogP contribution in [0.4, 0.5) is 17.6 Å². The number of carboxylic acids is 1. The normalized spacial score (nSPS) is 14.1. The van der Waals surface area contributed by atoms with Gasteiger partial charge in [-0.1, -0.05) is 25.1 Å². The third-order valence-electron chi connectivity index (χ3n) is 5.70. The Hall–Kier alpha value is -4.19. The molecule has 0 saturated heterocycles. The number of halogens is 4. The number of aromatic nitrogens is 1. The Morgan fingerprint density at radius 1 is 1.10 bits per heavy atom. The topological polar surface area (TPSA) is 92.2 Å². The van der Waals surface area contributed by atoms with Gasteiger partial charge in [-0.05, 0) is 36.4 Å². The number of carboxylic acid groups (broad SMARTS) is 1. The number of hydrogen-bond acceptors (Lipinski definition) is 6. The first-order valence-electron chi connectivity index (χ1n) is 11.8. The van der Waals surface area contributed by atoms with Crippen molar-refractivity contribution in [3.63, 3.8) is 0 Å². The second-order valence-electron chi connectivity index (χ2n) is 8.63. The Bertz CT molecular complexity index is 1360. The number of carbonyl (C=O) groups is 2. The number of carbonyl (C=O) groups excluding carboxylic acids is 1. The van der Waals surface area contributed by atoms with Crippen LogP contribution in [-0.2, 0) is 11.3 Å². The maximum Gasteiger partial charge on any atom is 0.387 e. The van der Waals surface area contributed by atoms with Crippen LogP contribution in [0.2, 0.25) is 0 Å². The number of benzene rings is 2. The molecule has 1 aliphatic rings. The Morgan fingerprint density at radius 2 is 1.77 bits per heavy atom. The first-order valence-corrected chi connectivity index (χ1v) is 11.8. The summed E-state index contributed by atoms with van der Waals surface area (Å²) in [5.41, 5.74) is 2.34. The monoisotopic (exact) mass is 549 g/mol. The third-order valence-corrected chi connectivity index (χ3v) is 5.70. The van der Waals surface area contributed by atoms with Gasteiger partial charge >= 0.3 is 19.2 Å². The number of alkyl halides is 4. The first kappa shape index (κ1) is 29.4. The number of amides is 1. The highest BCUT2D eigenvalue weighted by Crippen LogP contribution is 2.36. The minimum Gasteiger partial charge on any atom is -0.478 e. The highest BCUT2D eigenvalue weighted by molar-refractivity contribution is 6.06. The van der Waals surface area contributed by atoms with E-state index in [1.54, 1.807) is 44.4 Å². The molecule has 2 aromatic carbocycles. The van der Waals surface area contributed by atoms with Crippen molar-refractivity contribution in [1.82, 2.24) is 14.8 Å². The summed E-state index contributed by atoms with van der Waals surface area (Å²) in [5.74, 6) is -1.78. The zero-order valence-corrected chi connectivity index (χ0v) is 21.4. The van der Waals surface area contributed by atoms with Gasteiger partial charge in [0, 0.05) is 49.8 Å². The summed E-state index contributed by atoms with van der Waals surface area (Å²) in [6, 6.07) is 10.4. The molecule has 0 aliphatic carbocycles. The van der Waals surface area contributed by atoms with Gasteiger partial charge in [-0.25, -0.2) is 9.78 Å². The Labute approximate surface area is 222 Å². The van der Waals surface area contributed by atoms with Crippen LogP contribution >= 0.6 is 0 Å². The van der Waals surface area contributed by atoms with E-state index < -0.39 is 19.2 Å². The number of likely N-dealkylation sites (N-methyl/N-ethyl adjacent to an activating group) is 1. The number of para-hydroxylation sites is 1. The number of rotatable bonds is 8. The van der Waals surface area contributed by atoms with E-state index in [4.69, 9.17) is 0 Å². The molecule has 0 saturated carbocycles. The molecule has 12 heteroatoms. The van der Waals surface area contributed by atoms with E-state index >= 15 is 0 Å². The van der Waals surface area contributed by atoms with Crippen LogP contribution in [0, 0.1) is 0 Å². The van der Waals surface area contributed by atoms with Gasteiger partial charge in [-0.15, -0.1) is 0 Å². The maximum absolute atomic E-state index is 13.0. The highest BCUT2D eigenvalue weighted by atomic mass is 19.3. The molecule has 0 spiro atoms. The molecule has 0 bridgehead atoms. The van der Waals surface area contributed by atoms with Gasteiger partial charge in [0.1, 0.15) is 11.5 Å². The van der Waals surface area contributed by atoms with Crippen LogP contribution in [0.5, 0.6) is 11.5 Å². The van der Waals surface area contributed by atoms with E-state index in [0.717, 1.165) is 12.5 Å². The molecule has 1 N–H and O–H groups in total. The lowest BCUT2D eigenvalue weighted by molar-refractivity contribution is -0.115. The number of nitrogens with zero attached hydrogens (tertiary/aromatic N) is 3. The van der Waals surface area contributed by atoms with Crippen molar-refractivity contribution in [3.05, 3.63) is 64.8 Å². The van der Waals surface area contributed by atoms with Crippen molar-refractivity contribution in [3.8, 4) is 11.5 Å². The minimum absolute atomic E-state index is 0.134. The van der Waals surface area contributed by atoms with E-state index in [0.29, 0.717) is 47.4 Å². The zero-order valence-electron chi connectivity index (χ0n) is 21.4. The molecule has 0 radical (unpaired) electrons. The molecule has 1 amide bonds. The average molecular weight is 550 g/mol. The lowest BCUT2D eigenvalue weighted by Gasteiger charge is -2.30. The van der Waals surface area contributed by atoms with Gasteiger partial charge in [-0.3, -0.25) is 9.69 Å². The van der Waals surface area contributed by atoms with Crippen LogP contribution in [0.1, 0.15) is 34.1 Å². The summed E-state index contributed by atoms with van der Waals surface area (Å²) >= 11 is 0. The fourth-order valence-corrected chi connectivity index (χ4v) is 4.04. The number of pyridine rings is 1. The van der Waals surface area contributed by atoms with Crippen LogP contribution in [-0.4, -0.2) is 72.7 Å². The predicted octanol–water partition coefficient (Wildman–Crippen LogP) is 5.22. The summed E-state index contributed by atoms with van der Waals surface area (Å²) in [4.78, 5) is 29.7. The van der Waals surface area contributed by atoms with E-state index in [9.17, 15) is 32.3 Å². The Balaban J connectivity index is 0.000000771. The maximum atomic E-state index is 13.0. The van der Waals surface area contributed by atoms with E-state index in [-0.39, 0.29) is 22.6 Å². The van der Waals surface area contributed by atoms with Gasteiger partial charge in [0.25, 0.3) is 0 Å². The second kappa shape index (κ2) is 13.1. The predicted molar refractivity (Wildman–Crippen MR) is 137 cm³/mol. The number of fused-ring (bicyclic) bond motifs is 2. The highest BCUT2D eigenvalue weighted by Gasteiger charge is 2.28. The standard InChI is InChI=1S/C24H20F4N2O4.C3H7NO/c1-2-30-11-14(9-13-7-8-15(33-23(25)26)10-19(13)34-24(27)28)21-17(12-30)20(22(31)32)16-5-3-4-6-18(16)29-21;1-4(2)3-5/h3-10,23-24H,2,11-12H2,1H3,(H,31,32);3H,1-2H3/b14-9-;. The summed E-state index contributed by atoms with van der Waals surface area (Å²) in [6.45, 7) is -3.07. The van der Waals surface area contributed by atoms with E-state index in [1.165, 1.54) is 17.0 Å². The van der Waals surface area contributed by atoms with E-state index in [1.807, 2.05) is 11.8 Å². The molecule has 0 atom stereocenters. The van der Waals surface area contributed by atoms with Crippen LogP contribution in [0.25, 0.3) is 22.6 Å². The summed E-state index contributed by atoms with van der Waals surface area (Å²) in [7, 11) is 3.38. The van der Waals surface area contributed by atoms with Gasteiger partial charge in [0.2, 0.25) is 6.41 Å². The molecule has 0 fully saturated rings. The summed E-state index contributed by atoms with van der Waals surface area (Å²) in [6.07, 6.45) is 2.30. The lowest BCUT2D eigenvalue weighted by atomic mass is 9.92. The molecule has 39 heavy (non-hydrogen) atoms. The van der Waals surface area contributed by atoms with Crippen LogP contribution in [0.15, 0.2) is 42.5 Å². The largest absolute Gasteiger partial charge is 0.478 e. The molecule has 8 nitrogen and oxygen atoms in total. The fraction of sp³-hybridized carbons (Fsp3) is 0.296. The number of aromatic carboxylic acids is 1. The minimum atomic E-state index is -3.19. The van der Waals surface area contributed by atoms with Crippen molar-refractivity contribution < 1.29 is 41.7 Å². The van der Waals surface area contributed by atoms with Crippen LogP contribution < -0.4 is 9.47 Å². The quantitative estimate of drug-likeness (QED) is 0.304. The summed E-state index contributed by atoms with van der Waals surface area (Å²) in [5, 5.41) is 10.5. The van der Waals surface area contributed by atoms with Gasteiger partial charge in [0.15, 0.2) is 0 Å². The van der Waals surface area contributed by atoms with Crippen LogP contribution in [0.3, 0.4) is 0 Å². The van der Waals surface area contributed by atoms with Crippen molar-refractivity contribution in [2.24, 2.45) is 0 Å². The average Bonchev–Trinajstić information content (AvgIpc) is 2.88. The molecule has 1 aromatic heterocycles. The van der Waals surface area contributed by atoms with Crippen molar-refractivity contribution in [2.45, 2.75) is 26.7 Å². The number of hydrogen-bond donors (Lipinski definition) is 1. The second-order valence-corrected chi connectivity index (χ2v) is 8.63. The zero-order chi connectivity index (χ0) is 28.7. The molecular formula is C27H27F4N3O5. The van der Waals surface area contributed by atoms with Crippen molar-refractivity contribution in [1.29, 1.82) is 0 Å². The SMILES string of the molecule is CCN1C/C(=C/c2ccc(OC(F)F)cc2OC(F)F)c2nc3ccccc3c(C(=O)O)c2C1.CN(C)C=O.